The van der Waals surface area contributed by atoms with Gasteiger partial charge in [0.05, 0.1) is 6.42 Å². The van der Waals surface area contributed by atoms with Crippen LogP contribution in [0.1, 0.15) is 27.2 Å². The van der Waals surface area contributed by atoms with E-state index in [-0.39, 0.29) is 0 Å². The largest absolute Gasteiger partial charge is 0.460 e. The summed E-state index contributed by atoms with van der Waals surface area (Å²) < 4.78 is 49.5. The molecule has 0 saturated heterocycles. The SMILES string of the molecule is COP(=O)(OC)C(CC(=O)OC(C)(C)C)P(=O)(OC)OC. The topological polar surface area (TPSA) is 97.4 Å². The van der Waals surface area contributed by atoms with E-state index in [2.05, 4.69) is 0 Å². The number of hydrogen-bond donors (Lipinski definition) is 0. The monoisotopic (exact) mass is 346 g/mol. The lowest BCUT2D eigenvalue weighted by atomic mass is 10.2. The Labute approximate surface area is 125 Å². The maximum Gasteiger partial charge on any atom is 0.345 e. The van der Waals surface area contributed by atoms with Gasteiger partial charge in [0.1, 0.15) is 5.60 Å². The lowest BCUT2D eigenvalue weighted by Gasteiger charge is -2.29. The molecule has 21 heavy (non-hydrogen) atoms. The molecule has 0 fully saturated rings. The highest BCUT2D eigenvalue weighted by atomic mass is 31.2. The van der Waals surface area contributed by atoms with Gasteiger partial charge < -0.3 is 22.8 Å². The normalized spacial score (nSPS) is 13.5. The Morgan fingerprint density at radius 2 is 1.24 bits per heavy atom. The fourth-order valence-corrected chi connectivity index (χ4v) is 6.10. The lowest BCUT2D eigenvalue weighted by Crippen LogP contribution is -2.27. The van der Waals surface area contributed by atoms with Crippen molar-refractivity contribution in [3.05, 3.63) is 0 Å². The smallest absolute Gasteiger partial charge is 0.345 e. The molecular formula is C11H24O8P2. The molecule has 8 nitrogen and oxygen atoms in total. The summed E-state index contributed by atoms with van der Waals surface area (Å²) >= 11 is 0. The zero-order valence-electron chi connectivity index (χ0n) is 13.4. The van der Waals surface area contributed by atoms with E-state index in [1.165, 1.54) is 0 Å². The van der Waals surface area contributed by atoms with Crippen LogP contribution in [0.3, 0.4) is 0 Å². The van der Waals surface area contributed by atoms with Gasteiger partial charge in [-0.05, 0) is 20.8 Å². The van der Waals surface area contributed by atoms with E-state index in [0.717, 1.165) is 28.4 Å². The van der Waals surface area contributed by atoms with Gasteiger partial charge in [-0.1, -0.05) is 0 Å². The minimum atomic E-state index is -3.88. The highest BCUT2D eigenvalue weighted by Gasteiger charge is 2.51. The van der Waals surface area contributed by atoms with Crippen LogP contribution in [-0.4, -0.2) is 45.4 Å². The van der Waals surface area contributed by atoms with E-state index in [9.17, 15) is 13.9 Å². The molecule has 0 saturated carbocycles. The van der Waals surface area contributed by atoms with Crippen LogP contribution in [0.2, 0.25) is 0 Å². The number of ether oxygens (including phenoxy) is 1. The molecule has 0 aromatic rings. The highest BCUT2D eigenvalue weighted by molar-refractivity contribution is 7.72. The molecule has 0 aliphatic carbocycles. The maximum absolute atomic E-state index is 12.5. The van der Waals surface area contributed by atoms with Crippen molar-refractivity contribution in [2.75, 3.05) is 28.4 Å². The van der Waals surface area contributed by atoms with Crippen LogP contribution in [0.4, 0.5) is 0 Å². The van der Waals surface area contributed by atoms with Crippen LogP contribution >= 0.6 is 15.2 Å². The van der Waals surface area contributed by atoms with Crippen molar-refractivity contribution in [3.8, 4) is 0 Å². The predicted molar refractivity (Wildman–Crippen MR) is 77.5 cm³/mol. The molecule has 0 atom stereocenters. The number of esters is 1. The highest BCUT2D eigenvalue weighted by Crippen LogP contribution is 2.70. The third-order valence-electron chi connectivity index (χ3n) is 2.52. The molecule has 10 heteroatoms. The first-order valence-electron chi connectivity index (χ1n) is 6.12. The van der Waals surface area contributed by atoms with Gasteiger partial charge in [0, 0.05) is 28.4 Å². The zero-order valence-corrected chi connectivity index (χ0v) is 15.2. The van der Waals surface area contributed by atoms with E-state index in [1.807, 2.05) is 0 Å². The summed E-state index contributed by atoms with van der Waals surface area (Å²) in [4.78, 5) is 11.9. The summed E-state index contributed by atoms with van der Waals surface area (Å²) in [6, 6.07) is 0. The summed E-state index contributed by atoms with van der Waals surface area (Å²) in [5, 5.41) is -1.41. The molecule has 0 heterocycles. The van der Waals surface area contributed by atoms with Gasteiger partial charge in [-0.15, -0.1) is 0 Å². The first kappa shape index (κ1) is 20.8. The number of hydrogen-bond acceptors (Lipinski definition) is 8. The lowest BCUT2D eigenvalue weighted by molar-refractivity contribution is -0.154. The average molecular weight is 346 g/mol. The first-order valence-corrected chi connectivity index (χ1v) is 9.34. The Morgan fingerprint density at radius 3 is 1.48 bits per heavy atom. The van der Waals surface area contributed by atoms with Crippen LogP contribution < -0.4 is 0 Å². The Balaban J connectivity index is 5.50. The second kappa shape index (κ2) is 7.86. The van der Waals surface area contributed by atoms with Gasteiger partial charge in [-0.3, -0.25) is 13.9 Å². The maximum atomic E-state index is 12.5. The summed E-state index contributed by atoms with van der Waals surface area (Å²) in [6.45, 7) is 5.04. The fraction of sp³-hybridized carbons (Fsp3) is 0.909. The molecule has 0 aliphatic heterocycles. The molecule has 126 valence electrons. The van der Waals surface area contributed by atoms with Crippen molar-refractivity contribution in [3.63, 3.8) is 0 Å². The van der Waals surface area contributed by atoms with Crippen molar-refractivity contribution in [1.29, 1.82) is 0 Å². The van der Waals surface area contributed by atoms with Gasteiger partial charge in [0.2, 0.25) is 0 Å². The van der Waals surface area contributed by atoms with Gasteiger partial charge in [-0.25, -0.2) is 0 Å². The minimum absolute atomic E-state index is 0.491. The second-order valence-electron chi connectivity index (χ2n) is 5.08. The molecule has 0 N–H and O–H groups in total. The summed E-state index contributed by atoms with van der Waals surface area (Å²) in [5.41, 5.74) is -0.740. The van der Waals surface area contributed by atoms with Crippen molar-refractivity contribution in [2.45, 2.75) is 38.2 Å². The number of carbonyl (C=O) groups excluding carboxylic acids is 1. The van der Waals surface area contributed by atoms with E-state index >= 15 is 0 Å². The molecule has 0 radical (unpaired) electrons. The predicted octanol–water partition coefficient (Wildman–Crippen LogP) is 3.02. The molecule has 0 aromatic heterocycles. The van der Waals surface area contributed by atoms with Crippen molar-refractivity contribution >= 4 is 21.2 Å². The first-order chi connectivity index (χ1) is 9.48. The zero-order chi connectivity index (χ0) is 16.9. The molecule has 0 unspecified atom stereocenters. The Kier molecular flexibility index (Phi) is 7.77. The van der Waals surface area contributed by atoms with Crippen LogP contribution in [-0.2, 0) is 36.8 Å². The number of rotatable bonds is 8. The van der Waals surface area contributed by atoms with Crippen LogP contribution in [0, 0.1) is 0 Å². The van der Waals surface area contributed by atoms with Crippen LogP contribution in [0.5, 0.6) is 0 Å². The Morgan fingerprint density at radius 1 is 0.905 bits per heavy atom. The Bertz CT molecular complexity index is 400. The second-order valence-corrected chi connectivity index (χ2v) is 10.4. The van der Waals surface area contributed by atoms with Gasteiger partial charge in [0.15, 0.2) is 5.40 Å². The molecule has 0 bridgehead atoms. The molecule has 0 spiro atoms. The third kappa shape index (κ3) is 5.81. The average Bonchev–Trinajstić information content (AvgIpc) is 2.41. The molecule has 0 rings (SSSR count). The summed E-state index contributed by atoms with van der Waals surface area (Å²) in [6.07, 6.45) is -0.491. The minimum Gasteiger partial charge on any atom is -0.460 e. The quantitative estimate of drug-likeness (QED) is 0.489. The molecular weight excluding hydrogens is 322 g/mol. The van der Waals surface area contributed by atoms with Crippen molar-refractivity contribution in [1.82, 2.24) is 0 Å². The Hall–Kier alpha value is -0.230. The van der Waals surface area contributed by atoms with Crippen LogP contribution in [0.15, 0.2) is 0 Å². The summed E-state index contributed by atoms with van der Waals surface area (Å²) in [7, 11) is -3.25. The van der Waals surface area contributed by atoms with E-state index in [1.54, 1.807) is 20.8 Å². The van der Waals surface area contributed by atoms with Gasteiger partial charge in [-0.2, -0.15) is 0 Å². The fourth-order valence-electron chi connectivity index (χ4n) is 1.56. The molecule has 0 aliphatic rings. The van der Waals surface area contributed by atoms with Crippen LogP contribution in [0.25, 0.3) is 0 Å². The third-order valence-corrected chi connectivity index (χ3v) is 8.08. The summed E-state index contributed by atoms with van der Waals surface area (Å²) in [5.74, 6) is -0.712. The molecule has 0 aromatic carbocycles. The standard InChI is InChI=1S/C11H24O8P2/c1-11(2,3)19-9(12)8-10(20(13,15-4)16-5)21(14,17-6)18-7/h10H,8H2,1-7H3. The van der Waals surface area contributed by atoms with E-state index < -0.39 is 38.6 Å². The van der Waals surface area contributed by atoms with Crippen molar-refractivity contribution < 1.29 is 36.8 Å². The van der Waals surface area contributed by atoms with Gasteiger partial charge >= 0.3 is 21.2 Å². The molecule has 0 amide bonds. The van der Waals surface area contributed by atoms with Gasteiger partial charge in [0.25, 0.3) is 0 Å². The van der Waals surface area contributed by atoms with Crippen molar-refractivity contribution in [2.24, 2.45) is 0 Å². The van der Waals surface area contributed by atoms with E-state index in [0.29, 0.717) is 0 Å². The van der Waals surface area contributed by atoms with E-state index in [4.69, 9.17) is 22.8 Å². The number of carbonyl (C=O) groups is 1.